The van der Waals surface area contributed by atoms with E-state index < -0.39 is 24.0 Å². The van der Waals surface area contributed by atoms with Crippen LogP contribution in [-0.4, -0.2) is 43.7 Å². The number of rotatable bonds is 6. The van der Waals surface area contributed by atoms with E-state index in [4.69, 9.17) is 3.37 Å². The Kier molecular flexibility index (Phi) is 6.82. The van der Waals surface area contributed by atoms with E-state index >= 15 is 0 Å². The van der Waals surface area contributed by atoms with Crippen LogP contribution in [-0.2, 0) is 3.37 Å². The summed E-state index contributed by atoms with van der Waals surface area (Å²) in [5, 5.41) is 0. The summed E-state index contributed by atoms with van der Waals surface area (Å²) in [4.78, 5) is 6.27. The van der Waals surface area contributed by atoms with Gasteiger partial charge in [-0.2, -0.15) is 0 Å². The molecule has 152 valence electrons. The predicted octanol–water partition coefficient (Wildman–Crippen LogP) is 0.222. The first-order valence-electron chi connectivity index (χ1n) is 8.72. The summed E-state index contributed by atoms with van der Waals surface area (Å²) >= 11 is -2.76. The molecule has 1 heterocycles. The Bertz CT molecular complexity index is 992. The second-order valence-electron chi connectivity index (χ2n) is 6.57. The molecular formula is C21H21ClN2O4Se. The first kappa shape index (κ1) is 21.6. The van der Waals surface area contributed by atoms with Gasteiger partial charge in [-0.3, -0.25) is 0 Å². The van der Waals surface area contributed by atoms with Gasteiger partial charge >= 0.3 is 177 Å². The molecule has 0 N–H and O–H groups in total. The maximum atomic E-state index is 11.6. The molecule has 0 aliphatic carbocycles. The van der Waals surface area contributed by atoms with Crippen molar-refractivity contribution in [3.05, 3.63) is 83.4 Å². The van der Waals surface area contributed by atoms with Crippen molar-refractivity contribution in [2.45, 2.75) is 6.92 Å². The molecule has 0 bridgehead atoms. The molecule has 6 nitrogen and oxygen atoms in total. The van der Waals surface area contributed by atoms with Gasteiger partial charge in [0.1, 0.15) is 0 Å². The van der Waals surface area contributed by atoms with Crippen LogP contribution < -0.4 is 14.0 Å². The normalized spacial score (nSPS) is 17.3. The van der Waals surface area contributed by atoms with Crippen molar-refractivity contribution in [3.63, 3.8) is 0 Å². The van der Waals surface area contributed by atoms with Crippen molar-refractivity contribution in [2.24, 2.45) is 4.99 Å². The molecule has 0 saturated carbocycles. The molecule has 1 aliphatic heterocycles. The van der Waals surface area contributed by atoms with Gasteiger partial charge in [0.05, 0.1) is 0 Å². The van der Waals surface area contributed by atoms with Gasteiger partial charge in [0.2, 0.25) is 0 Å². The predicted molar refractivity (Wildman–Crippen MR) is 108 cm³/mol. The molecule has 8 heteroatoms. The molecule has 3 rings (SSSR count). The maximum absolute atomic E-state index is 11.6. The van der Waals surface area contributed by atoms with E-state index in [0.29, 0.717) is 9.01 Å². The Morgan fingerprint density at radius 2 is 1.59 bits per heavy atom. The van der Waals surface area contributed by atoms with Crippen molar-refractivity contribution in [3.8, 4) is 0 Å². The molecular weight excluding hydrogens is 459 g/mol. The van der Waals surface area contributed by atoms with Gasteiger partial charge in [0.15, 0.2) is 0 Å². The third-order valence-electron chi connectivity index (χ3n) is 3.97. The van der Waals surface area contributed by atoms with Crippen molar-refractivity contribution < 1.29 is 27.6 Å². The van der Waals surface area contributed by atoms with Gasteiger partial charge in [-0.15, -0.1) is 0 Å². The van der Waals surface area contributed by atoms with Gasteiger partial charge in [-0.25, -0.2) is 0 Å². The first-order chi connectivity index (χ1) is 13.7. The summed E-state index contributed by atoms with van der Waals surface area (Å²) < 4.78 is 40.9. The molecule has 0 fully saturated rings. The molecule has 2 aromatic carbocycles. The number of nitrogens with zero attached hydrogens (tertiary/aromatic N) is 2. The minimum absolute atomic E-state index is 0.468. The molecule has 0 spiro atoms. The Labute approximate surface area is 176 Å². The molecule has 1 aliphatic rings. The van der Waals surface area contributed by atoms with Crippen LogP contribution >= 0.6 is 0 Å². The van der Waals surface area contributed by atoms with E-state index in [9.17, 15) is 14.0 Å². The molecule has 2 aromatic rings. The number of benzene rings is 2. The standard InChI is InChI=1S/C21H21ClN2O4Se/c1-16-9-11-18(12-10-16)20-14-13-19(17-7-5-4-6-8-17)21(23-15-24(2)3)29(20)28-22(25,26)27/h4-15H,1-3H3. The Hall–Kier alpha value is -2.09. The number of hydrogen-bond acceptors (Lipinski definition) is 5. The zero-order valence-corrected chi connectivity index (χ0v) is 18.7. The number of aryl methyl sites for hydroxylation is 1. The fourth-order valence-corrected chi connectivity index (χ4v) is 7.42. The number of halogens is 1. The van der Waals surface area contributed by atoms with Crippen LogP contribution in [0, 0.1) is 17.2 Å². The van der Waals surface area contributed by atoms with E-state index in [1.165, 1.54) is 0 Å². The first-order valence-corrected chi connectivity index (χ1v) is 12.4. The average Bonchev–Trinajstić information content (AvgIpc) is 2.67. The Balaban J connectivity index is 2.23. The minimum atomic E-state index is -4.62. The Morgan fingerprint density at radius 3 is 2.17 bits per heavy atom. The molecule has 29 heavy (non-hydrogen) atoms. The average molecular weight is 480 g/mol. The molecule has 1 atom stereocenters. The molecule has 0 saturated heterocycles. The van der Waals surface area contributed by atoms with Crippen LogP contribution in [0.2, 0.25) is 0 Å². The second kappa shape index (κ2) is 9.15. The van der Waals surface area contributed by atoms with E-state index in [1.54, 1.807) is 11.2 Å². The summed E-state index contributed by atoms with van der Waals surface area (Å²) in [6, 6.07) is 17.1. The van der Waals surface area contributed by atoms with Gasteiger partial charge in [0.25, 0.3) is 0 Å². The summed E-state index contributed by atoms with van der Waals surface area (Å²) in [6.45, 7) is 1.97. The molecule has 0 aromatic heterocycles. The fraction of sp³-hybridized carbons (Fsp3) is 0.143. The number of aliphatic imine (C=N–C) groups is 1. The van der Waals surface area contributed by atoms with Crippen molar-refractivity contribution in [2.75, 3.05) is 14.1 Å². The summed E-state index contributed by atoms with van der Waals surface area (Å²) in [7, 11) is -0.989. The Morgan fingerprint density at radius 1 is 0.931 bits per heavy atom. The molecule has 0 radical (unpaired) electrons. The number of allylic oxidation sites excluding steroid dienone is 2. The van der Waals surface area contributed by atoms with E-state index in [0.717, 1.165) is 22.3 Å². The third-order valence-corrected chi connectivity index (χ3v) is 9.06. The van der Waals surface area contributed by atoms with Crippen LogP contribution in [0.4, 0.5) is 0 Å². The monoisotopic (exact) mass is 480 g/mol. The SMILES string of the molecule is Cc1ccc(C2=CC=C(c3ccccc3)C(N=CN(C)C)=[Se]2O[Cl+3]([O-])([O-])[O-])cc1. The molecule has 0 amide bonds. The third kappa shape index (κ3) is 5.71. The van der Waals surface area contributed by atoms with Gasteiger partial charge in [-0.1, -0.05) is 0 Å². The summed E-state index contributed by atoms with van der Waals surface area (Å²) in [5.74, 6) is 0. The number of hydrogen-bond donors (Lipinski definition) is 0. The summed E-state index contributed by atoms with van der Waals surface area (Å²) in [6.07, 6.45) is 5.30. The topological polar surface area (TPSA) is 94.0 Å². The van der Waals surface area contributed by atoms with Crippen LogP contribution in [0.15, 0.2) is 71.7 Å². The zero-order chi connectivity index (χ0) is 21.0. The van der Waals surface area contributed by atoms with E-state index in [2.05, 4.69) is 4.99 Å². The van der Waals surface area contributed by atoms with Crippen LogP contribution in [0.5, 0.6) is 0 Å². The van der Waals surface area contributed by atoms with Gasteiger partial charge in [0, 0.05) is 0 Å². The molecule has 1 unspecified atom stereocenters. The summed E-state index contributed by atoms with van der Waals surface area (Å²) in [5.41, 5.74) is 3.49. The van der Waals surface area contributed by atoms with Crippen molar-refractivity contribution in [1.82, 2.24) is 4.90 Å². The van der Waals surface area contributed by atoms with Gasteiger partial charge < -0.3 is 0 Å². The van der Waals surface area contributed by atoms with E-state index in [1.807, 2.05) is 87.8 Å². The van der Waals surface area contributed by atoms with Gasteiger partial charge in [-0.05, 0) is 0 Å². The quantitative estimate of drug-likeness (QED) is 0.336. The van der Waals surface area contributed by atoms with E-state index in [-0.39, 0.29) is 0 Å². The van der Waals surface area contributed by atoms with Crippen LogP contribution in [0.25, 0.3) is 10.0 Å². The van der Waals surface area contributed by atoms with Crippen LogP contribution in [0.3, 0.4) is 0 Å². The van der Waals surface area contributed by atoms with Crippen molar-refractivity contribution >= 4 is 34.7 Å². The van der Waals surface area contributed by atoms with Crippen LogP contribution in [0.1, 0.15) is 16.7 Å². The fourth-order valence-electron chi connectivity index (χ4n) is 2.68. The second-order valence-corrected chi connectivity index (χ2v) is 11.1. The van der Waals surface area contributed by atoms with Crippen molar-refractivity contribution in [1.29, 1.82) is 0 Å². The zero-order valence-electron chi connectivity index (χ0n) is 16.2.